The number of hydrogen-bond donors (Lipinski definition) is 0. The number of oxime groups is 2. The second-order valence-corrected chi connectivity index (χ2v) is 4.30. The van der Waals surface area contributed by atoms with Crippen molar-refractivity contribution in [2.24, 2.45) is 10.3 Å². The van der Waals surface area contributed by atoms with Gasteiger partial charge in [-0.25, -0.2) is 9.59 Å². The van der Waals surface area contributed by atoms with E-state index in [-0.39, 0.29) is 32.6 Å². The van der Waals surface area contributed by atoms with Gasteiger partial charge in [0.15, 0.2) is 11.4 Å². The second kappa shape index (κ2) is 5.41. The number of fused-ring (bicyclic) bond motifs is 3. The van der Waals surface area contributed by atoms with Gasteiger partial charge in [-0.3, -0.25) is 9.26 Å². The number of nitrogens with zero attached hydrogens (tertiary/aromatic N) is 6. The maximum atomic E-state index is 11.8. The molecule has 1 aliphatic rings. The third-order valence-corrected chi connectivity index (χ3v) is 2.65. The number of carbonyl (C=O) groups excluding carboxylic acids is 2. The Morgan fingerprint density at radius 2 is 1.42 bits per heavy atom. The Hall–Kier alpha value is -3.84. The fraction of sp³-hybridized carbons (Fsp3) is 0.200. The monoisotopic (exact) mass is 338 g/mol. The first kappa shape index (κ1) is 15.1. The average Bonchev–Trinajstić information content (AvgIpc) is 3.07. The summed E-state index contributed by atoms with van der Waals surface area (Å²) >= 11 is 0. The highest BCUT2D eigenvalue weighted by Crippen LogP contribution is 2.27. The Morgan fingerprint density at radius 1 is 0.917 bits per heavy atom. The normalized spacial score (nSPS) is 15.9. The third kappa shape index (κ3) is 2.31. The minimum absolute atomic E-state index is 0.0530. The summed E-state index contributed by atoms with van der Waals surface area (Å²) in [6.45, 7) is 2.12. The van der Waals surface area contributed by atoms with Gasteiger partial charge in [-0.2, -0.15) is 0 Å². The smallest absolute Gasteiger partial charge is 0.332 e. The Morgan fingerprint density at radius 3 is 2.00 bits per heavy atom. The van der Waals surface area contributed by atoms with Gasteiger partial charge in [0.05, 0.1) is 5.16 Å². The third-order valence-electron chi connectivity index (χ3n) is 2.65. The lowest BCUT2D eigenvalue weighted by Gasteiger charge is -2.06. The molecule has 0 aliphatic heterocycles. The van der Waals surface area contributed by atoms with E-state index in [2.05, 4.69) is 39.6 Å². The summed E-state index contributed by atoms with van der Waals surface area (Å²) in [4.78, 5) is 30.8. The lowest BCUT2D eigenvalue weighted by Crippen LogP contribution is -2.39. The Kier molecular flexibility index (Phi) is 3.40. The first-order chi connectivity index (χ1) is 11.4. The molecule has 1 aliphatic carbocycles. The van der Waals surface area contributed by atoms with Gasteiger partial charge >= 0.3 is 17.6 Å². The van der Waals surface area contributed by atoms with Gasteiger partial charge in [-0.1, -0.05) is 10.3 Å². The van der Waals surface area contributed by atoms with Crippen LogP contribution in [0.2, 0.25) is 0 Å². The van der Waals surface area contributed by atoms with E-state index < -0.39 is 23.3 Å². The van der Waals surface area contributed by atoms with Crippen LogP contribution in [0.25, 0.3) is 11.4 Å². The predicted octanol–water partition coefficient (Wildman–Crippen LogP) is -1.86. The molecule has 0 fully saturated rings. The fourth-order valence-corrected chi connectivity index (χ4v) is 1.82. The minimum atomic E-state index is -0.811. The molecule has 0 atom stereocenters. The van der Waals surface area contributed by atoms with E-state index in [1.54, 1.807) is 0 Å². The van der Waals surface area contributed by atoms with Crippen LogP contribution in [0.4, 0.5) is 0 Å². The van der Waals surface area contributed by atoms with E-state index >= 15 is 0 Å². The van der Waals surface area contributed by atoms with E-state index in [1.807, 2.05) is 0 Å². The molecule has 0 amide bonds. The molecule has 14 heteroatoms. The zero-order valence-electron chi connectivity index (χ0n) is 11.9. The van der Waals surface area contributed by atoms with Crippen LogP contribution in [0, 0.1) is 10.4 Å². The largest absolute Gasteiger partial charge is 0.359 e. The van der Waals surface area contributed by atoms with Crippen LogP contribution in [-0.4, -0.2) is 33.7 Å². The van der Waals surface area contributed by atoms with Gasteiger partial charge in [0, 0.05) is 19.0 Å². The van der Waals surface area contributed by atoms with Crippen molar-refractivity contribution in [3.63, 3.8) is 0 Å². The molecule has 0 aromatic carbocycles. The highest BCUT2D eigenvalue weighted by molar-refractivity contribution is 6.55. The van der Waals surface area contributed by atoms with Crippen molar-refractivity contribution in [3.8, 4) is 11.4 Å². The summed E-state index contributed by atoms with van der Waals surface area (Å²) in [6, 6.07) is 0. The molecule has 0 spiro atoms. The van der Waals surface area contributed by atoms with E-state index in [0.717, 1.165) is 13.8 Å². The molecule has 0 N–H and O–H groups in total. The maximum absolute atomic E-state index is 11.8. The maximum Gasteiger partial charge on any atom is 0.332 e. The summed E-state index contributed by atoms with van der Waals surface area (Å²) in [7, 11) is 0. The molecule has 0 unspecified atom stereocenters. The lowest BCUT2D eigenvalue weighted by atomic mass is 9.97. The number of aromatic nitrogens is 4. The van der Waals surface area contributed by atoms with Gasteiger partial charge in [-0.05, 0) is 9.81 Å². The predicted molar refractivity (Wildman–Crippen MR) is 66.5 cm³/mol. The van der Waals surface area contributed by atoms with E-state index in [9.17, 15) is 20.0 Å². The highest BCUT2D eigenvalue weighted by Gasteiger charge is 2.47. The van der Waals surface area contributed by atoms with Gasteiger partial charge in [-0.15, -0.1) is 0 Å². The highest BCUT2D eigenvalue weighted by atomic mass is 16.8. The van der Waals surface area contributed by atoms with Crippen LogP contribution >= 0.6 is 0 Å². The molecule has 2 aromatic heterocycles. The second-order valence-electron chi connectivity index (χ2n) is 4.30. The van der Waals surface area contributed by atoms with Gasteiger partial charge in [0.2, 0.25) is 0 Å². The molecule has 2 aromatic rings. The lowest BCUT2D eigenvalue weighted by molar-refractivity contribution is -0.803. The molecular weight excluding hydrogens is 332 g/mol. The van der Waals surface area contributed by atoms with Gasteiger partial charge in [0.1, 0.15) is 0 Å². The molecule has 3 rings (SSSR count). The van der Waals surface area contributed by atoms with Crippen molar-refractivity contribution in [1.82, 2.24) is 10.3 Å². The SMILES string of the molecule is CC(=O)ON=C1/C(=N\OC(C)=O)c2no[n+]([O-])c2-c2no[n+]([O-])c21. The Balaban J connectivity index is 2.27. The molecule has 14 nitrogen and oxygen atoms in total. The van der Waals surface area contributed by atoms with Crippen LogP contribution in [0.3, 0.4) is 0 Å². The molecule has 0 saturated carbocycles. The van der Waals surface area contributed by atoms with Crippen LogP contribution in [0.1, 0.15) is 25.2 Å². The van der Waals surface area contributed by atoms with Crippen LogP contribution < -0.4 is 9.81 Å². The van der Waals surface area contributed by atoms with E-state index in [0.29, 0.717) is 0 Å². The van der Waals surface area contributed by atoms with Crippen molar-refractivity contribution in [3.05, 3.63) is 21.8 Å². The quantitative estimate of drug-likeness (QED) is 0.342. The summed E-state index contributed by atoms with van der Waals surface area (Å²) in [5.41, 5.74) is -2.04. The molecular formula is C10H6N6O8. The summed E-state index contributed by atoms with van der Waals surface area (Å²) in [6.07, 6.45) is 0. The molecule has 0 radical (unpaired) electrons. The number of carbonyl (C=O) groups is 2. The molecule has 0 saturated heterocycles. The first-order valence-corrected chi connectivity index (χ1v) is 6.12. The zero-order chi connectivity index (χ0) is 17.4. The Labute approximate surface area is 130 Å². The summed E-state index contributed by atoms with van der Waals surface area (Å²) in [5, 5.41) is 37.3. The van der Waals surface area contributed by atoms with E-state index in [1.165, 1.54) is 0 Å². The van der Waals surface area contributed by atoms with Crippen molar-refractivity contribution in [2.75, 3.05) is 0 Å². The molecule has 2 heterocycles. The molecule has 24 heavy (non-hydrogen) atoms. The van der Waals surface area contributed by atoms with Crippen molar-refractivity contribution >= 4 is 23.4 Å². The average molecular weight is 338 g/mol. The number of rotatable bonds is 2. The molecule has 124 valence electrons. The van der Waals surface area contributed by atoms with Crippen LogP contribution in [-0.2, 0) is 19.3 Å². The minimum Gasteiger partial charge on any atom is -0.359 e. The van der Waals surface area contributed by atoms with E-state index in [4.69, 9.17) is 0 Å². The van der Waals surface area contributed by atoms with Gasteiger partial charge < -0.3 is 20.1 Å². The summed E-state index contributed by atoms with van der Waals surface area (Å²) < 4.78 is 8.84. The standard InChI is InChI=1S/C10H6N6O8/c1-3(17)21-11-5-6(12-22-4(2)18)9-8(14-24-15(9)19)10-7(5)13-23-16(10)20/h1-2H3/b11-5+,12-6?. The summed E-state index contributed by atoms with van der Waals surface area (Å²) in [5.74, 6) is -1.62. The first-order valence-electron chi connectivity index (χ1n) is 6.12. The van der Waals surface area contributed by atoms with Crippen LogP contribution in [0.5, 0.6) is 0 Å². The zero-order valence-corrected chi connectivity index (χ0v) is 11.9. The number of hydrogen-bond acceptors (Lipinski definition) is 12. The Bertz CT molecular complexity index is 909. The fourth-order valence-electron chi connectivity index (χ4n) is 1.82. The van der Waals surface area contributed by atoms with Crippen molar-refractivity contribution < 1.29 is 38.3 Å². The van der Waals surface area contributed by atoms with Crippen molar-refractivity contribution in [2.45, 2.75) is 13.8 Å². The van der Waals surface area contributed by atoms with Gasteiger partial charge in [0.25, 0.3) is 17.1 Å². The topological polar surface area (TPSA) is 183 Å². The van der Waals surface area contributed by atoms with Crippen LogP contribution in [0.15, 0.2) is 19.6 Å². The molecule has 0 bridgehead atoms. The van der Waals surface area contributed by atoms with Crippen molar-refractivity contribution in [1.29, 1.82) is 0 Å².